The number of hydrogen-bond acceptors (Lipinski definition) is 1. The summed E-state index contributed by atoms with van der Waals surface area (Å²) in [5, 5.41) is 0.990. The van der Waals surface area contributed by atoms with Gasteiger partial charge in [0.05, 0.1) is 0 Å². The van der Waals surface area contributed by atoms with E-state index >= 15 is 0 Å². The highest BCUT2D eigenvalue weighted by atomic mass is 79.9. The number of aryl methyl sites for hydroxylation is 2. The molecule has 0 atom stereocenters. The van der Waals surface area contributed by atoms with Crippen molar-refractivity contribution in [3.8, 4) is 0 Å². The van der Waals surface area contributed by atoms with Gasteiger partial charge in [-0.1, -0.05) is 15.9 Å². The first-order valence-corrected chi connectivity index (χ1v) is 4.00. The van der Waals surface area contributed by atoms with Crippen LogP contribution in [0, 0.1) is 6.92 Å². The van der Waals surface area contributed by atoms with Crippen molar-refractivity contribution in [1.29, 1.82) is 0 Å². The molecule has 0 N–H and O–H groups in total. The number of aromatic nitrogens is 2. The van der Waals surface area contributed by atoms with Gasteiger partial charge in [-0.15, -0.1) is 0 Å². The SMILES string of the molecule is Cc1nccn1CCBr. The van der Waals surface area contributed by atoms with E-state index in [1.54, 1.807) is 0 Å². The summed E-state index contributed by atoms with van der Waals surface area (Å²) < 4.78 is 2.11. The standard InChI is InChI=1S/C6H9BrN2/c1-6-8-3-5-9(6)4-2-7/h3,5H,2,4H2,1H3. The summed E-state index contributed by atoms with van der Waals surface area (Å²) in [5.74, 6) is 1.08. The molecule has 0 spiro atoms. The second-order valence-corrected chi connectivity index (χ2v) is 2.65. The van der Waals surface area contributed by atoms with Crippen molar-refractivity contribution in [2.45, 2.75) is 13.5 Å². The predicted octanol–water partition coefficient (Wildman–Crippen LogP) is 1.59. The van der Waals surface area contributed by atoms with Crippen LogP contribution in [0.15, 0.2) is 12.4 Å². The topological polar surface area (TPSA) is 17.8 Å². The molecule has 0 fully saturated rings. The minimum atomic E-state index is 0.990. The molecule has 0 aromatic carbocycles. The number of alkyl halides is 1. The van der Waals surface area contributed by atoms with Gasteiger partial charge in [0.15, 0.2) is 0 Å². The molecular weight excluding hydrogens is 180 g/mol. The fourth-order valence-electron chi connectivity index (χ4n) is 0.731. The lowest BCUT2D eigenvalue weighted by Gasteiger charge is -1.98. The molecule has 1 aromatic heterocycles. The largest absolute Gasteiger partial charge is 0.334 e. The van der Waals surface area contributed by atoms with Gasteiger partial charge in [0.1, 0.15) is 5.82 Å². The average molecular weight is 189 g/mol. The van der Waals surface area contributed by atoms with Gasteiger partial charge in [0.25, 0.3) is 0 Å². The van der Waals surface area contributed by atoms with Crippen LogP contribution in [-0.4, -0.2) is 14.9 Å². The zero-order chi connectivity index (χ0) is 6.69. The fraction of sp³-hybridized carbons (Fsp3) is 0.500. The van der Waals surface area contributed by atoms with Crippen LogP contribution < -0.4 is 0 Å². The van der Waals surface area contributed by atoms with Gasteiger partial charge in [-0.25, -0.2) is 4.98 Å². The Balaban J connectivity index is 2.69. The van der Waals surface area contributed by atoms with E-state index in [0.29, 0.717) is 0 Å². The van der Waals surface area contributed by atoms with E-state index in [1.807, 2.05) is 19.3 Å². The van der Waals surface area contributed by atoms with E-state index in [9.17, 15) is 0 Å². The van der Waals surface area contributed by atoms with E-state index in [2.05, 4.69) is 25.5 Å². The Bertz CT molecular complexity index is 183. The number of rotatable bonds is 2. The van der Waals surface area contributed by atoms with Crippen molar-refractivity contribution in [1.82, 2.24) is 9.55 Å². The molecule has 0 aliphatic carbocycles. The Morgan fingerprint density at radius 2 is 2.56 bits per heavy atom. The Hall–Kier alpha value is -0.310. The van der Waals surface area contributed by atoms with Gasteiger partial charge in [0, 0.05) is 24.3 Å². The van der Waals surface area contributed by atoms with Crippen LogP contribution in [0.4, 0.5) is 0 Å². The van der Waals surface area contributed by atoms with E-state index < -0.39 is 0 Å². The lowest BCUT2D eigenvalue weighted by atomic mass is 10.6. The average Bonchev–Trinajstić information content (AvgIpc) is 2.18. The number of nitrogens with zero attached hydrogens (tertiary/aromatic N) is 2. The molecule has 1 heterocycles. The van der Waals surface area contributed by atoms with Crippen LogP contribution in [0.3, 0.4) is 0 Å². The molecule has 0 unspecified atom stereocenters. The van der Waals surface area contributed by atoms with Crippen molar-refractivity contribution in [3.05, 3.63) is 18.2 Å². The molecule has 0 bridgehead atoms. The maximum absolute atomic E-state index is 4.08. The molecule has 0 saturated carbocycles. The molecule has 3 heteroatoms. The van der Waals surface area contributed by atoms with Crippen molar-refractivity contribution in [2.24, 2.45) is 0 Å². The minimum Gasteiger partial charge on any atom is -0.334 e. The van der Waals surface area contributed by atoms with Gasteiger partial charge in [-0.05, 0) is 6.92 Å². The first-order valence-electron chi connectivity index (χ1n) is 2.88. The smallest absolute Gasteiger partial charge is 0.105 e. The fourth-order valence-corrected chi connectivity index (χ4v) is 1.11. The second kappa shape index (κ2) is 3.01. The lowest BCUT2D eigenvalue weighted by Crippen LogP contribution is -1.98. The molecule has 50 valence electrons. The summed E-state index contributed by atoms with van der Waals surface area (Å²) in [6.45, 7) is 3.01. The van der Waals surface area contributed by atoms with Crippen molar-refractivity contribution < 1.29 is 0 Å². The Kier molecular flexibility index (Phi) is 2.28. The summed E-state index contributed by atoms with van der Waals surface area (Å²) in [4.78, 5) is 4.08. The molecule has 0 aliphatic rings. The summed E-state index contributed by atoms with van der Waals surface area (Å²) in [7, 11) is 0. The highest BCUT2D eigenvalue weighted by Gasteiger charge is 1.91. The normalized spacial score (nSPS) is 10.0. The number of hydrogen-bond donors (Lipinski definition) is 0. The Morgan fingerprint density at radius 1 is 1.78 bits per heavy atom. The summed E-state index contributed by atoms with van der Waals surface area (Å²) in [6.07, 6.45) is 3.80. The minimum absolute atomic E-state index is 0.990. The zero-order valence-corrected chi connectivity index (χ0v) is 6.93. The second-order valence-electron chi connectivity index (χ2n) is 1.86. The van der Waals surface area contributed by atoms with E-state index in [4.69, 9.17) is 0 Å². The molecule has 9 heavy (non-hydrogen) atoms. The highest BCUT2D eigenvalue weighted by Crippen LogP contribution is 1.95. The number of imidazole rings is 1. The van der Waals surface area contributed by atoms with Crippen LogP contribution in [0.1, 0.15) is 5.82 Å². The quantitative estimate of drug-likeness (QED) is 0.646. The zero-order valence-electron chi connectivity index (χ0n) is 5.34. The van der Waals surface area contributed by atoms with Crippen molar-refractivity contribution in [2.75, 3.05) is 5.33 Å². The van der Waals surface area contributed by atoms with Gasteiger partial charge < -0.3 is 4.57 Å². The predicted molar refractivity (Wildman–Crippen MR) is 40.8 cm³/mol. The number of halogens is 1. The molecule has 0 saturated heterocycles. The maximum atomic E-state index is 4.08. The third kappa shape index (κ3) is 1.55. The highest BCUT2D eigenvalue weighted by molar-refractivity contribution is 9.09. The van der Waals surface area contributed by atoms with Crippen LogP contribution in [-0.2, 0) is 6.54 Å². The Morgan fingerprint density at radius 3 is 3.00 bits per heavy atom. The van der Waals surface area contributed by atoms with E-state index in [-0.39, 0.29) is 0 Å². The summed E-state index contributed by atoms with van der Waals surface area (Å²) in [5.41, 5.74) is 0. The lowest BCUT2D eigenvalue weighted by molar-refractivity contribution is 0.741. The van der Waals surface area contributed by atoms with Gasteiger partial charge in [0.2, 0.25) is 0 Å². The molecule has 0 aliphatic heterocycles. The third-order valence-corrected chi connectivity index (χ3v) is 1.60. The summed E-state index contributed by atoms with van der Waals surface area (Å²) in [6, 6.07) is 0. The van der Waals surface area contributed by atoms with Crippen molar-refractivity contribution in [3.63, 3.8) is 0 Å². The van der Waals surface area contributed by atoms with Gasteiger partial charge in [-0.2, -0.15) is 0 Å². The van der Waals surface area contributed by atoms with Gasteiger partial charge in [-0.3, -0.25) is 0 Å². The van der Waals surface area contributed by atoms with Crippen LogP contribution in [0.25, 0.3) is 0 Å². The maximum Gasteiger partial charge on any atom is 0.105 e. The molecule has 0 radical (unpaired) electrons. The molecule has 2 nitrogen and oxygen atoms in total. The van der Waals surface area contributed by atoms with E-state index in [0.717, 1.165) is 17.7 Å². The van der Waals surface area contributed by atoms with Crippen LogP contribution >= 0.6 is 15.9 Å². The third-order valence-electron chi connectivity index (χ3n) is 1.25. The molecule has 0 amide bonds. The first kappa shape index (κ1) is 6.81. The van der Waals surface area contributed by atoms with Crippen LogP contribution in [0.2, 0.25) is 0 Å². The monoisotopic (exact) mass is 188 g/mol. The van der Waals surface area contributed by atoms with E-state index in [1.165, 1.54) is 0 Å². The van der Waals surface area contributed by atoms with Crippen LogP contribution in [0.5, 0.6) is 0 Å². The molecule has 1 aromatic rings. The Labute approximate surface area is 63.0 Å². The molecule has 1 rings (SSSR count). The van der Waals surface area contributed by atoms with Gasteiger partial charge >= 0.3 is 0 Å². The summed E-state index contributed by atoms with van der Waals surface area (Å²) >= 11 is 3.36. The first-order chi connectivity index (χ1) is 4.34. The molecular formula is C6H9BrN2. The van der Waals surface area contributed by atoms with Crippen molar-refractivity contribution >= 4 is 15.9 Å².